The number of fused-ring (bicyclic) bond motifs is 1. The Morgan fingerprint density at radius 3 is 2.55 bits per heavy atom. The van der Waals surface area contributed by atoms with E-state index in [4.69, 9.17) is 10.5 Å². The van der Waals surface area contributed by atoms with E-state index < -0.39 is 33.5 Å². The number of nitrogens with one attached hydrogen (secondary N) is 2. The number of benzene rings is 1. The lowest BCUT2D eigenvalue weighted by Gasteiger charge is -2.35. The summed E-state index contributed by atoms with van der Waals surface area (Å²) < 4.78 is 36.3. The molecule has 0 radical (unpaired) electrons. The molecule has 12 nitrogen and oxygen atoms in total. The fraction of sp³-hybridized carbons (Fsp3) is 0.481. The SMILES string of the molecule is Cc1c(C)c(S(=O)(=O)NC(N)=NCCC[C@H](NC(=O)c2cccn(C)c2=O)C(=O)O)c(C)c2c1OC(C)(C)CC2. The van der Waals surface area contributed by atoms with Gasteiger partial charge in [-0.3, -0.25) is 14.6 Å². The van der Waals surface area contributed by atoms with E-state index in [0.717, 1.165) is 23.3 Å². The van der Waals surface area contributed by atoms with Gasteiger partial charge in [0.2, 0.25) is 5.96 Å². The van der Waals surface area contributed by atoms with Crippen LogP contribution < -0.4 is 26.1 Å². The predicted octanol–water partition coefficient (Wildman–Crippen LogP) is 1.67. The third kappa shape index (κ3) is 6.64. The average molecular weight is 576 g/mol. The summed E-state index contributed by atoms with van der Waals surface area (Å²) in [5, 5.41) is 11.9. The van der Waals surface area contributed by atoms with Crippen LogP contribution in [0.5, 0.6) is 5.75 Å². The quantitative estimate of drug-likeness (QED) is 0.198. The van der Waals surface area contributed by atoms with Gasteiger partial charge in [-0.1, -0.05) is 0 Å². The molecule has 0 aliphatic carbocycles. The molecule has 1 amide bonds. The molecular weight excluding hydrogens is 538 g/mol. The number of aromatic nitrogens is 1. The maximum absolute atomic E-state index is 13.3. The first kappa shape index (κ1) is 30.7. The first-order chi connectivity index (χ1) is 18.6. The second-order valence-corrected chi connectivity index (χ2v) is 12.2. The standard InChI is InChI=1S/C27H37N5O7S/c1-15-16(2)22(17(3)18-11-12-27(4,5)39-21(15)18)40(37,38)31-26(28)29-13-7-10-20(25(35)36)30-23(33)19-9-8-14-32(6)24(19)34/h8-9,14,20H,7,10-13H2,1-6H3,(H,30,33)(H,35,36)(H3,28,29,31)/t20-/m0/s1. The molecule has 13 heteroatoms. The van der Waals surface area contributed by atoms with Gasteiger partial charge in [0.15, 0.2) is 0 Å². The van der Waals surface area contributed by atoms with E-state index in [1.165, 1.54) is 29.9 Å². The Hall–Kier alpha value is -3.87. The number of aryl methyl sites for hydroxylation is 1. The van der Waals surface area contributed by atoms with Crippen molar-refractivity contribution >= 4 is 27.9 Å². The summed E-state index contributed by atoms with van der Waals surface area (Å²) >= 11 is 0. The topological polar surface area (TPSA) is 182 Å². The highest BCUT2D eigenvalue weighted by Crippen LogP contribution is 2.42. The number of carboxylic acid groups (broad SMARTS) is 1. The Kier molecular flexibility index (Phi) is 8.97. The zero-order valence-electron chi connectivity index (χ0n) is 23.6. The molecule has 0 fully saturated rings. The van der Waals surface area contributed by atoms with Crippen molar-refractivity contribution in [2.24, 2.45) is 17.8 Å². The van der Waals surface area contributed by atoms with Crippen LogP contribution in [0, 0.1) is 20.8 Å². The van der Waals surface area contributed by atoms with Crippen molar-refractivity contribution < 1.29 is 27.9 Å². The van der Waals surface area contributed by atoms with Crippen LogP contribution in [0.1, 0.15) is 65.7 Å². The summed E-state index contributed by atoms with van der Waals surface area (Å²) in [6, 6.07) is 1.55. The molecule has 218 valence electrons. The van der Waals surface area contributed by atoms with Gasteiger partial charge >= 0.3 is 5.97 Å². The van der Waals surface area contributed by atoms with Crippen molar-refractivity contribution in [2.75, 3.05) is 6.54 Å². The van der Waals surface area contributed by atoms with E-state index in [-0.39, 0.29) is 41.4 Å². The van der Waals surface area contributed by atoms with Gasteiger partial charge in [-0.2, -0.15) is 0 Å². The van der Waals surface area contributed by atoms with E-state index in [0.29, 0.717) is 17.5 Å². The van der Waals surface area contributed by atoms with Crippen LogP contribution in [0.15, 0.2) is 33.0 Å². The van der Waals surface area contributed by atoms with Crippen molar-refractivity contribution in [2.45, 2.75) is 76.8 Å². The maximum Gasteiger partial charge on any atom is 0.326 e. The van der Waals surface area contributed by atoms with E-state index >= 15 is 0 Å². The average Bonchev–Trinajstić information content (AvgIpc) is 2.84. The van der Waals surface area contributed by atoms with Crippen LogP contribution in [0.25, 0.3) is 0 Å². The third-order valence-electron chi connectivity index (χ3n) is 7.08. The van der Waals surface area contributed by atoms with Crippen LogP contribution in [0.2, 0.25) is 0 Å². The number of carbonyl (C=O) groups excluding carboxylic acids is 1. The summed E-state index contributed by atoms with van der Waals surface area (Å²) in [5.74, 6) is -1.70. The number of nitrogens with zero attached hydrogens (tertiary/aromatic N) is 2. The number of sulfonamides is 1. The number of amides is 1. The molecule has 0 saturated carbocycles. The summed E-state index contributed by atoms with van der Waals surface area (Å²) in [6.45, 7) is 9.31. The third-order valence-corrected chi connectivity index (χ3v) is 8.71. The highest BCUT2D eigenvalue weighted by molar-refractivity contribution is 7.90. The summed E-state index contributed by atoms with van der Waals surface area (Å²) in [5.41, 5.74) is 7.58. The number of nitrogens with two attached hydrogens (primary N) is 1. The zero-order valence-corrected chi connectivity index (χ0v) is 24.4. The van der Waals surface area contributed by atoms with Crippen LogP contribution in [-0.2, 0) is 28.3 Å². The second-order valence-electron chi connectivity index (χ2n) is 10.6. The van der Waals surface area contributed by atoms with Crippen LogP contribution >= 0.6 is 0 Å². The van der Waals surface area contributed by atoms with Gasteiger partial charge in [0.05, 0.1) is 4.90 Å². The van der Waals surface area contributed by atoms with Crippen molar-refractivity contribution in [3.05, 3.63) is 56.5 Å². The fourth-order valence-corrected chi connectivity index (χ4v) is 6.25. The fourth-order valence-electron chi connectivity index (χ4n) is 4.73. The molecule has 1 atom stereocenters. The number of pyridine rings is 1. The smallest absolute Gasteiger partial charge is 0.326 e. The van der Waals surface area contributed by atoms with Gasteiger partial charge in [0.25, 0.3) is 21.5 Å². The van der Waals surface area contributed by atoms with Crippen molar-refractivity contribution in [1.29, 1.82) is 0 Å². The molecule has 40 heavy (non-hydrogen) atoms. The second kappa shape index (κ2) is 11.7. The number of ether oxygens (including phenoxy) is 1. The number of guanidine groups is 1. The molecule has 0 saturated heterocycles. The molecule has 1 aromatic heterocycles. The number of hydrogen-bond acceptors (Lipinski definition) is 7. The van der Waals surface area contributed by atoms with Crippen LogP contribution in [-0.4, -0.2) is 54.1 Å². The van der Waals surface area contributed by atoms with Gasteiger partial charge < -0.3 is 25.5 Å². The van der Waals surface area contributed by atoms with E-state index in [1.54, 1.807) is 13.8 Å². The maximum atomic E-state index is 13.3. The minimum atomic E-state index is -4.07. The van der Waals surface area contributed by atoms with Crippen molar-refractivity contribution in [3.8, 4) is 5.75 Å². The minimum absolute atomic E-state index is 0.00517. The number of aliphatic carboxylic acids is 1. The molecular formula is C27H37N5O7S. The predicted molar refractivity (Wildman–Crippen MR) is 150 cm³/mol. The minimum Gasteiger partial charge on any atom is -0.487 e. The summed E-state index contributed by atoms with van der Waals surface area (Å²) in [4.78, 5) is 40.4. The van der Waals surface area contributed by atoms with E-state index in [2.05, 4.69) is 15.0 Å². The molecule has 5 N–H and O–H groups in total. The Labute approximate surface area is 233 Å². The molecule has 1 aliphatic heterocycles. The summed E-state index contributed by atoms with van der Waals surface area (Å²) in [6.07, 6.45) is 3.07. The number of hydrogen-bond donors (Lipinski definition) is 4. The van der Waals surface area contributed by atoms with Crippen molar-refractivity contribution in [1.82, 2.24) is 14.6 Å². The van der Waals surface area contributed by atoms with Gasteiger partial charge in [-0.05, 0) is 94.7 Å². The normalized spacial score (nSPS) is 15.5. The van der Waals surface area contributed by atoms with Gasteiger partial charge in [-0.25, -0.2) is 17.9 Å². The number of carboxylic acids is 1. The number of aliphatic imine (C=N–C) groups is 1. The van der Waals surface area contributed by atoms with E-state index in [1.807, 2.05) is 20.8 Å². The zero-order chi connectivity index (χ0) is 30.0. The largest absolute Gasteiger partial charge is 0.487 e. The van der Waals surface area contributed by atoms with Gasteiger partial charge in [0, 0.05) is 19.8 Å². The Morgan fingerprint density at radius 1 is 1.23 bits per heavy atom. The highest BCUT2D eigenvalue weighted by atomic mass is 32.2. The lowest BCUT2D eigenvalue weighted by molar-refractivity contribution is -0.139. The number of rotatable bonds is 9. The molecule has 2 aromatic rings. The lowest BCUT2D eigenvalue weighted by Crippen LogP contribution is -2.43. The molecule has 0 unspecified atom stereocenters. The Bertz CT molecular complexity index is 1530. The Morgan fingerprint density at radius 2 is 1.90 bits per heavy atom. The van der Waals surface area contributed by atoms with Gasteiger partial charge in [-0.15, -0.1) is 0 Å². The highest BCUT2D eigenvalue weighted by Gasteiger charge is 2.33. The van der Waals surface area contributed by atoms with Crippen LogP contribution in [0.3, 0.4) is 0 Å². The van der Waals surface area contributed by atoms with Gasteiger partial charge in [0.1, 0.15) is 23.0 Å². The van der Waals surface area contributed by atoms with Crippen LogP contribution in [0.4, 0.5) is 0 Å². The molecule has 1 aliphatic rings. The summed E-state index contributed by atoms with van der Waals surface area (Å²) in [7, 11) is -2.59. The number of carbonyl (C=O) groups is 2. The van der Waals surface area contributed by atoms with E-state index in [9.17, 15) is 27.9 Å². The monoisotopic (exact) mass is 575 g/mol. The molecule has 0 spiro atoms. The molecule has 2 heterocycles. The van der Waals surface area contributed by atoms with Crippen molar-refractivity contribution in [3.63, 3.8) is 0 Å². The first-order valence-electron chi connectivity index (χ1n) is 12.9. The first-order valence-corrected chi connectivity index (χ1v) is 14.4. The molecule has 3 rings (SSSR count). The molecule has 1 aromatic carbocycles. The Balaban J connectivity index is 1.68. The lowest BCUT2D eigenvalue weighted by atomic mass is 9.88. The molecule has 0 bridgehead atoms.